The topological polar surface area (TPSA) is 62.0 Å². The first-order valence-electron chi connectivity index (χ1n) is 9.99. The second kappa shape index (κ2) is 8.21. The quantitative estimate of drug-likeness (QED) is 0.633. The Morgan fingerprint density at radius 1 is 1.10 bits per heavy atom. The average molecular weight is 402 g/mol. The molecule has 0 radical (unpaired) electrons. The number of morpholine rings is 1. The van der Waals surface area contributed by atoms with Crippen LogP contribution in [-0.4, -0.2) is 35.3 Å². The first-order valence-corrected chi connectivity index (χ1v) is 9.99. The summed E-state index contributed by atoms with van der Waals surface area (Å²) in [6.07, 6.45) is 1.88. The molecule has 1 saturated heterocycles. The third kappa shape index (κ3) is 4.03. The van der Waals surface area contributed by atoms with Crippen LogP contribution < -0.4 is 4.90 Å². The largest absolute Gasteiger partial charge is 0.372 e. The Bertz CT molecular complexity index is 1110. The fourth-order valence-electron chi connectivity index (χ4n) is 3.91. The highest BCUT2D eigenvalue weighted by atomic mass is 19.1. The van der Waals surface area contributed by atoms with E-state index < -0.39 is 5.82 Å². The molecule has 30 heavy (non-hydrogen) atoms. The van der Waals surface area contributed by atoms with Crippen LogP contribution in [0.25, 0.3) is 22.4 Å². The number of halogens is 1. The van der Waals surface area contributed by atoms with Crippen molar-refractivity contribution in [3.8, 4) is 28.5 Å². The monoisotopic (exact) mass is 402 g/mol. The van der Waals surface area contributed by atoms with Crippen molar-refractivity contribution < 1.29 is 9.13 Å². The molecule has 1 aliphatic heterocycles. The van der Waals surface area contributed by atoms with Gasteiger partial charge >= 0.3 is 0 Å². The Labute approximate surface area is 175 Å². The summed E-state index contributed by atoms with van der Waals surface area (Å²) in [5, 5.41) is 9.62. The summed E-state index contributed by atoms with van der Waals surface area (Å²) < 4.78 is 20.0. The van der Waals surface area contributed by atoms with Gasteiger partial charge in [0.25, 0.3) is 0 Å². The zero-order valence-corrected chi connectivity index (χ0v) is 17.3. The highest BCUT2D eigenvalue weighted by Crippen LogP contribution is 2.34. The fraction of sp³-hybridized carbons (Fsp3) is 0.292. The molecule has 0 aliphatic carbocycles. The van der Waals surface area contributed by atoms with E-state index in [-0.39, 0.29) is 12.2 Å². The van der Waals surface area contributed by atoms with E-state index in [2.05, 4.69) is 16.0 Å². The molecule has 1 aromatic heterocycles. The van der Waals surface area contributed by atoms with Crippen molar-refractivity contribution in [3.63, 3.8) is 0 Å². The second-order valence-corrected chi connectivity index (χ2v) is 7.77. The highest BCUT2D eigenvalue weighted by molar-refractivity contribution is 5.83. The summed E-state index contributed by atoms with van der Waals surface area (Å²) in [5.41, 5.74) is 4.17. The van der Waals surface area contributed by atoms with Gasteiger partial charge in [-0.3, -0.25) is 0 Å². The molecule has 0 bridgehead atoms. The van der Waals surface area contributed by atoms with Crippen LogP contribution in [0.15, 0.2) is 48.7 Å². The van der Waals surface area contributed by atoms with Crippen molar-refractivity contribution in [2.75, 3.05) is 18.0 Å². The molecular weight excluding hydrogens is 379 g/mol. The predicted octanol–water partition coefficient (Wildman–Crippen LogP) is 4.74. The van der Waals surface area contributed by atoms with E-state index in [9.17, 15) is 9.65 Å². The van der Waals surface area contributed by atoms with E-state index in [1.54, 1.807) is 6.20 Å². The van der Waals surface area contributed by atoms with Crippen LogP contribution >= 0.6 is 0 Å². The fourth-order valence-corrected chi connectivity index (χ4v) is 3.91. The molecule has 2 aromatic carbocycles. The lowest BCUT2D eigenvalue weighted by molar-refractivity contribution is -0.00571. The third-order valence-electron chi connectivity index (χ3n) is 5.16. The minimum atomic E-state index is -0.409. The molecule has 0 N–H and O–H groups in total. The summed E-state index contributed by atoms with van der Waals surface area (Å²) >= 11 is 0. The van der Waals surface area contributed by atoms with Gasteiger partial charge in [-0.1, -0.05) is 29.8 Å². The molecule has 0 amide bonds. The molecule has 2 atom stereocenters. The molecule has 0 spiro atoms. The van der Waals surface area contributed by atoms with Gasteiger partial charge in [0.15, 0.2) is 0 Å². The molecule has 152 valence electrons. The van der Waals surface area contributed by atoms with Gasteiger partial charge in [0.1, 0.15) is 5.82 Å². The van der Waals surface area contributed by atoms with Crippen LogP contribution in [0.3, 0.4) is 0 Å². The first kappa shape index (κ1) is 20.0. The molecule has 0 unspecified atom stereocenters. The molecule has 1 fully saturated rings. The van der Waals surface area contributed by atoms with Gasteiger partial charge in [0, 0.05) is 30.4 Å². The summed E-state index contributed by atoms with van der Waals surface area (Å²) in [6.45, 7) is 7.39. The maximum absolute atomic E-state index is 14.1. The van der Waals surface area contributed by atoms with Crippen LogP contribution in [0.2, 0.25) is 0 Å². The van der Waals surface area contributed by atoms with E-state index in [1.165, 1.54) is 18.2 Å². The number of ether oxygens (including phenoxy) is 1. The minimum Gasteiger partial charge on any atom is -0.372 e. The first-order chi connectivity index (χ1) is 14.4. The zero-order chi connectivity index (χ0) is 21.3. The Morgan fingerprint density at radius 3 is 2.57 bits per heavy atom. The van der Waals surface area contributed by atoms with E-state index in [4.69, 9.17) is 9.72 Å². The maximum atomic E-state index is 14.1. The van der Waals surface area contributed by atoms with E-state index in [0.717, 1.165) is 16.7 Å². The van der Waals surface area contributed by atoms with Gasteiger partial charge < -0.3 is 9.64 Å². The molecular formula is C24H23FN4O. The Kier molecular flexibility index (Phi) is 5.47. The van der Waals surface area contributed by atoms with Gasteiger partial charge in [-0.15, -0.1) is 0 Å². The van der Waals surface area contributed by atoms with Crippen molar-refractivity contribution >= 4 is 5.95 Å². The lowest BCUT2D eigenvalue weighted by atomic mass is 9.96. The van der Waals surface area contributed by atoms with Crippen molar-refractivity contribution in [1.29, 1.82) is 5.26 Å². The minimum absolute atomic E-state index is 0.0566. The molecule has 6 heteroatoms. The van der Waals surface area contributed by atoms with E-state index >= 15 is 0 Å². The van der Waals surface area contributed by atoms with Gasteiger partial charge in [-0.2, -0.15) is 5.26 Å². The van der Waals surface area contributed by atoms with Crippen molar-refractivity contribution in [2.24, 2.45) is 0 Å². The Morgan fingerprint density at radius 2 is 1.87 bits per heavy atom. The molecule has 5 nitrogen and oxygen atoms in total. The van der Waals surface area contributed by atoms with Gasteiger partial charge in [0.2, 0.25) is 5.95 Å². The predicted molar refractivity (Wildman–Crippen MR) is 115 cm³/mol. The maximum Gasteiger partial charge on any atom is 0.226 e. The number of aryl methyl sites for hydroxylation is 1. The highest BCUT2D eigenvalue weighted by Gasteiger charge is 2.25. The van der Waals surface area contributed by atoms with Crippen molar-refractivity contribution in [1.82, 2.24) is 9.97 Å². The smallest absolute Gasteiger partial charge is 0.226 e. The summed E-state index contributed by atoms with van der Waals surface area (Å²) in [7, 11) is 0. The van der Waals surface area contributed by atoms with Crippen molar-refractivity contribution in [2.45, 2.75) is 33.0 Å². The second-order valence-electron chi connectivity index (χ2n) is 7.77. The lowest BCUT2D eigenvalue weighted by Gasteiger charge is -2.35. The van der Waals surface area contributed by atoms with E-state index in [1.807, 2.05) is 45.0 Å². The molecule has 3 aromatic rings. The zero-order valence-electron chi connectivity index (χ0n) is 17.3. The number of benzene rings is 2. The van der Waals surface area contributed by atoms with Gasteiger partial charge in [-0.25, -0.2) is 14.4 Å². The normalized spacial score (nSPS) is 18.8. The summed E-state index contributed by atoms with van der Waals surface area (Å²) in [5.74, 6) is 0.143. The number of rotatable bonds is 3. The third-order valence-corrected chi connectivity index (χ3v) is 5.16. The number of nitriles is 1. The van der Waals surface area contributed by atoms with Crippen LogP contribution in [0, 0.1) is 24.1 Å². The van der Waals surface area contributed by atoms with Crippen LogP contribution in [0.1, 0.15) is 25.0 Å². The molecule has 4 rings (SSSR count). The number of anilines is 1. The molecule has 2 heterocycles. The van der Waals surface area contributed by atoms with E-state index in [0.29, 0.717) is 35.9 Å². The molecule has 1 aliphatic rings. The van der Waals surface area contributed by atoms with Gasteiger partial charge in [0.05, 0.1) is 29.5 Å². The van der Waals surface area contributed by atoms with Crippen molar-refractivity contribution in [3.05, 3.63) is 65.6 Å². The number of nitrogens with zero attached hydrogens (tertiary/aromatic N) is 4. The summed E-state index contributed by atoms with van der Waals surface area (Å²) in [6, 6.07) is 14.3. The lowest BCUT2D eigenvalue weighted by Crippen LogP contribution is -2.46. The molecule has 0 saturated carbocycles. The Hall–Kier alpha value is -3.30. The standard InChI is InChI=1S/C24H23FN4O/c1-15-5-4-6-18(9-15)22-12-27-24(29-13-16(2)30-17(3)14-29)28-23(22)21-10-20(25)8-7-19(21)11-26/h4-10,12,16-17H,13-14H2,1-3H3/t16-,17+. The Balaban J connectivity index is 1.90. The van der Waals surface area contributed by atoms with Gasteiger partial charge in [-0.05, 0) is 44.5 Å². The van der Waals surface area contributed by atoms with Crippen LogP contribution in [0.5, 0.6) is 0 Å². The summed E-state index contributed by atoms with van der Waals surface area (Å²) in [4.78, 5) is 11.5. The van der Waals surface area contributed by atoms with Crippen LogP contribution in [0.4, 0.5) is 10.3 Å². The average Bonchev–Trinajstić information content (AvgIpc) is 2.72. The van der Waals surface area contributed by atoms with Crippen LogP contribution in [-0.2, 0) is 4.74 Å². The number of hydrogen-bond acceptors (Lipinski definition) is 5. The number of aromatic nitrogens is 2. The SMILES string of the molecule is Cc1cccc(-c2cnc(N3C[C@@H](C)O[C@@H](C)C3)nc2-c2cc(F)ccc2C#N)c1. The number of hydrogen-bond donors (Lipinski definition) is 0.